The van der Waals surface area contributed by atoms with E-state index < -0.39 is 9.84 Å². The first-order valence-electron chi connectivity index (χ1n) is 7.07. The topological polar surface area (TPSA) is 79.2 Å². The number of ether oxygens (including phenoxy) is 1. The Labute approximate surface area is 125 Å². The first-order valence-corrected chi connectivity index (χ1v) is 8.72. The summed E-state index contributed by atoms with van der Waals surface area (Å²) in [5.41, 5.74) is 0.362. The van der Waals surface area contributed by atoms with Gasteiger partial charge in [0.2, 0.25) is 0 Å². The fourth-order valence-corrected chi connectivity index (χ4v) is 3.63. The maximum absolute atomic E-state index is 12.2. The van der Waals surface area contributed by atoms with Crippen molar-refractivity contribution < 1.29 is 13.2 Å². The lowest BCUT2D eigenvalue weighted by Gasteiger charge is -2.19. The molecule has 1 aliphatic rings. The van der Waals surface area contributed by atoms with Crippen LogP contribution in [0.1, 0.15) is 18.9 Å². The highest BCUT2D eigenvalue weighted by Crippen LogP contribution is 2.16. The summed E-state index contributed by atoms with van der Waals surface area (Å²) >= 11 is 0. The van der Waals surface area contributed by atoms with Crippen molar-refractivity contribution in [3.63, 3.8) is 0 Å². The van der Waals surface area contributed by atoms with Gasteiger partial charge in [-0.1, -0.05) is 6.07 Å². The van der Waals surface area contributed by atoms with E-state index in [1.807, 2.05) is 6.07 Å². The largest absolute Gasteiger partial charge is 0.381 e. The lowest BCUT2D eigenvalue weighted by atomic mass is 10.0. The Hall–Kier alpha value is -1.42. The highest BCUT2D eigenvalue weighted by Gasteiger charge is 2.22. The fourth-order valence-electron chi connectivity index (χ4n) is 2.41. The van der Waals surface area contributed by atoms with Crippen LogP contribution in [0.2, 0.25) is 0 Å². The second-order valence-electron chi connectivity index (χ2n) is 5.32. The molecule has 1 heterocycles. The highest BCUT2D eigenvalue weighted by atomic mass is 32.2. The van der Waals surface area contributed by atoms with Gasteiger partial charge < -0.3 is 10.1 Å². The van der Waals surface area contributed by atoms with Crippen LogP contribution in [0.5, 0.6) is 0 Å². The minimum absolute atomic E-state index is 0.0276. The summed E-state index contributed by atoms with van der Waals surface area (Å²) in [5.74, 6) is 0.481. The number of nitriles is 1. The first-order chi connectivity index (χ1) is 10.0. The summed E-state index contributed by atoms with van der Waals surface area (Å²) in [6.45, 7) is 3.99. The minimum Gasteiger partial charge on any atom is -0.381 e. The van der Waals surface area contributed by atoms with Crippen molar-refractivity contribution in [1.82, 2.24) is 5.32 Å². The van der Waals surface area contributed by atoms with Crippen molar-refractivity contribution in [1.29, 1.82) is 5.26 Å². The van der Waals surface area contributed by atoms with Crippen LogP contribution < -0.4 is 5.32 Å². The van der Waals surface area contributed by atoms with E-state index in [0.29, 0.717) is 18.0 Å². The molecule has 0 saturated carbocycles. The SMILES string of the molecule is CC(NCCS(=O)(=O)c1cccc(C#N)c1)C1CCOC1. The fraction of sp³-hybridized carbons (Fsp3) is 0.533. The molecule has 0 bridgehead atoms. The molecule has 6 heteroatoms. The number of benzene rings is 1. The molecule has 0 spiro atoms. The molecule has 1 saturated heterocycles. The number of hydrogen-bond acceptors (Lipinski definition) is 5. The van der Waals surface area contributed by atoms with Crippen LogP contribution in [-0.2, 0) is 14.6 Å². The van der Waals surface area contributed by atoms with Crippen molar-refractivity contribution in [2.45, 2.75) is 24.3 Å². The van der Waals surface area contributed by atoms with Gasteiger partial charge in [-0.15, -0.1) is 0 Å². The summed E-state index contributed by atoms with van der Waals surface area (Å²) in [5, 5.41) is 12.1. The van der Waals surface area contributed by atoms with Crippen LogP contribution in [0.3, 0.4) is 0 Å². The average Bonchev–Trinajstić information content (AvgIpc) is 3.01. The van der Waals surface area contributed by atoms with Crippen LogP contribution in [-0.4, -0.2) is 40.0 Å². The summed E-state index contributed by atoms with van der Waals surface area (Å²) < 4.78 is 29.8. The molecule has 2 rings (SSSR count). The maximum atomic E-state index is 12.2. The molecule has 2 atom stereocenters. The van der Waals surface area contributed by atoms with Gasteiger partial charge in [-0.05, 0) is 37.5 Å². The van der Waals surface area contributed by atoms with Crippen molar-refractivity contribution >= 4 is 9.84 Å². The van der Waals surface area contributed by atoms with E-state index in [0.717, 1.165) is 19.6 Å². The van der Waals surface area contributed by atoms with Gasteiger partial charge in [-0.25, -0.2) is 8.42 Å². The lowest BCUT2D eigenvalue weighted by molar-refractivity contribution is 0.178. The van der Waals surface area contributed by atoms with E-state index in [9.17, 15) is 8.42 Å². The summed E-state index contributed by atoms with van der Waals surface area (Å²) in [6, 6.07) is 8.34. The third-order valence-corrected chi connectivity index (χ3v) is 5.55. The predicted molar refractivity (Wildman–Crippen MR) is 79.6 cm³/mol. The molecule has 114 valence electrons. The van der Waals surface area contributed by atoms with E-state index in [-0.39, 0.29) is 16.7 Å². The molecule has 21 heavy (non-hydrogen) atoms. The standard InChI is InChI=1S/C15H20N2O3S/c1-12(14-5-7-20-11-14)17-6-8-21(18,19)15-4-2-3-13(9-15)10-16/h2-4,9,12,14,17H,5-8,11H2,1H3. The van der Waals surface area contributed by atoms with Gasteiger partial charge in [0.05, 0.1) is 28.9 Å². The summed E-state index contributed by atoms with van der Waals surface area (Å²) in [4.78, 5) is 0.209. The Morgan fingerprint density at radius 1 is 1.52 bits per heavy atom. The molecule has 5 nitrogen and oxygen atoms in total. The lowest BCUT2D eigenvalue weighted by Crippen LogP contribution is -2.36. The molecule has 1 aromatic rings. The molecule has 2 unspecified atom stereocenters. The molecule has 1 fully saturated rings. The van der Waals surface area contributed by atoms with Crippen molar-refractivity contribution in [3.8, 4) is 6.07 Å². The van der Waals surface area contributed by atoms with E-state index in [2.05, 4.69) is 12.2 Å². The van der Waals surface area contributed by atoms with Crippen LogP contribution in [0.15, 0.2) is 29.2 Å². The van der Waals surface area contributed by atoms with Crippen LogP contribution in [0.4, 0.5) is 0 Å². The van der Waals surface area contributed by atoms with Gasteiger partial charge in [0, 0.05) is 19.2 Å². The summed E-state index contributed by atoms with van der Waals surface area (Å²) in [7, 11) is -3.36. The smallest absolute Gasteiger partial charge is 0.179 e. The molecule has 0 aromatic heterocycles. The monoisotopic (exact) mass is 308 g/mol. The number of rotatable bonds is 6. The quantitative estimate of drug-likeness (QED) is 0.858. The van der Waals surface area contributed by atoms with Crippen LogP contribution >= 0.6 is 0 Å². The molecule has 0 amide bonds. The van der Waals surface area contributed by atoms with Crippen molar-refractivity contribution in [3.05, 3.63) is 29.8 Å². The Morgan fingerprint density at radius 2 is 2.33 bits per heavy atom. The zero-order valence-electron chi connectivity index (χ0n) is 12.1. The van der Waals surface area contributed by atoms with E-state index in [4.69, 9.17) is 10.00 Å². The number of nitrogens with zero attached hydrogens (tertiary/aromatic N) is 1. The van der Waals surface area contributed by atoms with E-state index >= 15 is 0 Å². The van der Waals surface area contributed by atoms with Crippen molar-refractivity contribution in [2.75, 3.05) is 25.5 Å². The zero-order valence-corrected chi connectivity index (χ0v) is 12.9. The van der Waals surface area contributed by atoms with Gasteiger partial charge in [0.15, 0.2) is 9.84 Å². The number of nitrogens with one attached hydrogen (secondary N) is 1. The van der Waals surface area contributed by atoms with Crippen LogP contribution in [0, 0.1) is 17.2 Å². The predicted octanol–water partition coefficient (Wildman–Crippen LogP) is 1.35. The molecule has 1 aliphatic heterocycles. The molecular weight excluding hydrogens is 288 g/mol. The Balaban J connectivity index is 1.90. The van der Waals surface area contributed by atoms with E-state index in [1.54, 1.807) is 12.1 Å². The first kappa shape index (κ1) is 16.0. The van der Waals surface area contributed by atoms with Gasteiger partial charge in [0.1, 0.15) is 0 Å². The normalized spacial score (nSPS) is 20.1. The Bertz CT molecular complexity index is 616. The molecule has 0 aliphatic carbocycles. The third-order valence-electron chi connectivity index (χ3n) is 3.83. The number of hydrogen-bond donors (Lipinski definition) is 1. The maximum Gasteiger partial charge on any atom is 0.179 e. The van der Waals surface area contributed by atoms with Gasteiger partial charge in [-0.2, -0.15) is 5.26 Å². The van der Waals surface area contributed by atoms with Gasteiger partial charge in [0.25, 0.3) is 0 Å². The second kappa shape index (κ2) is 7.03. The Kier molecular flexibility index (Phi) is 5.34. The highest BCUT2D eigenvalue weighted by molar-refractivity contribution is 7.91. The second-order valence-corrected chi connectivity index (χ2v) is 7.43. The molecule has 0 radical (unpaired) electrons. The minimum atomic E-state index is -3.36. The molecular formula is C15H20N2O3S. The van der Waals surface area contributed by atoms with E-state index in [1.165, 1.54) is 12.1 Å². The number of sulfone groups is 1. The average molecular weight is 308 g/mol. The molecule has 1 aromatic carbocycles. The van der Waals surface area contributed by atoms with Crippen molar-refractivity contribution in [2.24, 2.45) is 5.92 Å². The Morgan fingerprint density at radius 3 is 3.00 bits per heavy atom. The third kappa shape index (κ3) is 4.27. The zero-order chi connectivity index (χ0) is 15.3. The molecule has 1 N–H and O–H groups in total. The van der Waals surface area contributed by atoms with Gasteiger partial charge >= 0.3 is 0 Å². The van der Waals surface area contributed by atoms with Gasteiger partial charge in [-0.3, -0.25) is 0 Å². The summed E-state index contributed by atoms with van der Waals surface area (Å²) in [6.07, 6.45) is 1.02. The van der Waals surface area contributed by atoms with Crippen LogP contribution in [0.25, 0.3) is 0 Å².